The van der Waals surface area contributed by atoms with Gasteiger partial charge >= 0.3 is 0 Å². The Morgan fingerprint density at radius 2 is 2.27 bits per heavy atom. The molecule has 1 fully saturated rings. The standard InChI is InChI=1S/C12H15BrFN/c1-8-5-12(14)10(6-11(8)13)9-3-2-4-15-7-9/h5-6,9,15H,2-4,7H2,1H3. The number of aryl methyl sites for hydroxylation is 1. The summed E-state index contributed by atoms with van der Waals surface area (Å²) in [4.78, 5) is 0. The van der Waals surface area contributed by atoms with Gasteiger partial charge in [-0.15, -0.1) is 0 Å². The SMILES string of the molecule is Cc1cc(F)c(C2CCCNC2)cc1Br. The van der Waals surface area contributed by atoms with E-state index in [-0.39, 0.29) is 5.82 Å². The van der Waals surface area contributed by atoms with Gasteiger partial charge < -0.3 is 5.32 Å². The Balaban J connectivity index is 2.30. The van der Waals surface area contributed by atoms with E-state index in [1.54, 1.807) is 6.07 Å². The van der Waals surface area contributed by atoms with E-state index in [0.29, 0.717) is 5.92 Å². The number of nitrogens with one attached hydrogen (secondary N) is 1. The summed E-state index contributed by atoms with van der Waals surface area (Å²) in [5.41, 5.74) is 1.81. The van der Waals surface area contributed by atoms with Crippen LogP contribution in [0.4, 0.5) is 4.39 Å². The van der Waals surface area contributed by atoms with Crippen LogP contribution >= 0.6 is 15.9 Å². The first kappa shape index (κ1) is 11.1. The van der Waals surface area contributed by atoms with Crippen LogP contribution in [0.25, 0.3) is 0 Å². The normalized spacial score (nSPS) is 21.7. The summed E-state index contributed by atoms with van der Waals surface area (Å²) < 4.78 is 14.8. The van der Waals surface area contributed by atoms with Crippen LogP contribution in [-0.4, -0.2) is 13.1 Å². The van der Waals surface area contributed by atoms with Gasteiger partial charge in [0.25, 0.3) is 0 Å². The van der Waals surface area contributed by atoms with E-state index in [0.717, 1.165) is 41.5 Å². The molecule has 3 heteroatoms. The first-order valence-corrected chi connectivity index (χ1v) is 6.14. The Labute approximate surface area is 98.2 Å². The van der Waals surface area contributed by atoms with Crippen molar-refractivity contribution in [3.05, 3.63) is 33.5 Å². The minimum absolute atomic E-state index is 0.0654. The highest BCUT2D eigenvalue weighted by atomic mass is 79.9. The molecule has 2 rings (SSSR count). The molecule has 1 heterocycles. The molecule has 1 atom stereocenters. The summed E-state index contributed by atoms with van der Waals surface area (Å²) >= 11 is 3.46. The molecular weight excluding hydrogens is 257 g/mol. The third-order valence-electron chi connectivity index (χ3n) is 3.01. The number of rotatable bonds is 1. The molecule has 0 saturated carbocycles. The fourth-order valence-corrected chi connectivity index (χ4v) is 2.45. The van der Waals surface area contributed by atoms with Crippen LogP contribution in [0, 0.1) is 12.7 Å². The molecule has 1 aliphatic heterocycles. The molecule has 0 radical (unpaired) electrons. The van der Waals surface area contributed by atoms with Crippen molar-refractivity contribution in [3.63, 3.8) is 0 Å². The van der Waals surface area contributed by atoms with Gasteiger partial charge in [0.05, 0.1) is 0 Å². The Morgan fingerprint density at radius 1 is 1.47 bits per heavy atom. The third kappa shape index (κ3) is 2.40. The highest BCUT2D eigenvalue weighted by molar-refractivity contribution is 9.10. The highest BCUT2D eigenvalue weighted by Crippen LogP contribution is 2.29. The van der Waals surface area contributed by atoms with Gasteiger partial charge in [-0.05, 0) is 55.5 Å². The lowest BCUT2D eigenvalue weighted by Crippen LogP contribution is -2.28. The number of hydrogen-bond donors (Lipinski definition) is 1. The van der Waals surface area contributed by atoms with Crippen LogP contribution in [0.2, 0.25) is 0 Å². The molecule has 0 bridgehead atoms. The monoisotopic (exact) mass is 271 g/mol. The van der Waals surface area contributed by atoms with E-state index in [2.05, 4.69) is 21.2 Å². The molecule has 82 valence electrons. The summed E-state index contributed by atoms with van der Waals surface area (Å²) in [5.74, 6) is 0.264. The van der Waals surface area contributed by atoms with Gasteiger partial charge in [-0.3, -0.25) is 0 Å². The van der Waals surface area contributed by atoms with E-state index in [1.165, 1.54) is 0 Å². The molecule has 1 aromatic carbocycles. The zero-order chi connectivity index (χ0) is 10.8. The number of halogens is 2. The molecule has 1 N–H and O–H groups in total. The lowest BCUT2D eigenvalue weighted by Gasteiger charge is -2.24. The van der Waals surface area contributed by atoms with Crippen molar-refractivity contribution >= 4 is 15.9 Å². The first-order chi connectivity index (χ1) is 7.18. The third-order valence-corrected chi connectivity index (χ3v) is 3.87. The molecule has 0 aliphatic carbocycles. The zero-order valence-corrected chi connectivity index (χ0v) is 10.4. The molecule has 1 aromatic rings. The minimum Gasteiger partial charge on any atom is -0.316 e. The van der Waals surface area contributed by atoms with Gasteiger partial charge in [0.1, 0.15) is 5.82 Å². The Kier molecular flexibility index (Phi) is 3.42. The highest BCUT2D eigenvalue weighted by Gasteiger charge is 2.19. The molecule has 1 nitrogen and oxygen atoms in total. The molecule has 0 amide bonds. The van der Waals surface area contributed by atoms with Gasteiger partial charge in [0.2, 0.25) is 0 Å². The van der Waals surface area contributed by atoms with Gasteiger partial charge in [-0.25, -0.2) is 4.39 Å². The van der Waals surface area contributed by atoms with Crippen molar-refractivity contribution in [1.82, 2.24) is 5.32 Å². The minimum atomic E-state index is -0.0654. The predicted molar refractivity (Wildman–Crippen MR) is 63.7 cm³/mol. The first-order valence-electron chi connectivity index (χ1n) is 5.34. The van der Waals surface area contributed by atoms with Gasteiger partial charge in [0.15, 0.2) is 0 Å². The van der Waals surface area contributed by atoms with Crippen molar-refractivity contribution < 1.29 is 4.39 Å². The molecule has 0 spiro atoms. The maximum Gasteiger partial charge on any atom is 0.127 e. The molecule has 1 unspecified atom stereocenters. The van der Waals surface area contributed by atoms with E-state index in [9.17, 15) is 4.39 Å². The number of benzene rings is 1. The molecule has 0 aromatic heterocycles. The van der Waals surface area contributed by atoms with E-state index < -0.39 is 0 Å². The van der Waals surface area contributed by atoms with Crippen LogP contribution in [0.5, 0.6) is 0 Å². The maximum absolute atomic E-state index is 13.8. The summed E-state index contributed by atoms with van der Waals surface area (Å²) in [7, 11) is 0. The Hall–Kier alpha value is -0.410. The predicted octanol–water partition coefficient (Wildman–Crippen LogP) is 3.36. The maximum atomic E-state index is 13.8. The quantitative estimate of drug-likeness (QED) is 0.826. The lowest BCUT2D eigenvalue weighted by atomic mass is 9.91. The number of hydrogen-bond acceptors (Lipinski definition) is 1. The summed E-state index contributed by atoms with van der Waals surface area (Å²) in [5, 5.41) is 3.31. The second-order valence-electron chi connectivity index (χ2n) is 4.17. The van der Waals surface area contributed by atoms with E-state index in [1.807, 2.05) is 13.0 Å². The van der Waals surface area contributed by atoms with Crippen molar-refractivity contribution in [1.29, 1.82) is 0 Å². The van der Waals surface area contributed by atoms with Crippen molar-refractivity contribution in [2.75, 3.05) is 13.1 Å². The average Bonchev–Trinajstić information content (AvgIpc) is 2.25. The molecule has 1 aliphatic rings. The Morgan fingerprint density at radius 3 is 2.93 bits per heavy atom. The second kappa shape index (κ2) is 4.62. The summed E-state index contributed by atoms with van der Waals surface area (Å²) in [6.07, 6.45) is 2.22. The average molecular weight is 272 g/mol. The van der Waals surface area contributed by atoms with Crippen molar-refractivity contribution in [2.24, 2.45) is 0 Å². The topological polar surface area (TPSA) is 12.0 Å². The molecule has 15 heavy (non-hydrogen) atoms. The van der Waals surface area contributed by atoms with E-state index in [4.69, 9.17) is 0 Å². The smallest absolute Gasteiger partial charge is 0.127 e. The van der Waals surface area contributed by atoms with Crippen LogP contribution in [-0.2, 0) is 0 Å². The van der Waals surface area contributed by atoms with E-state index >= 15 is 0 Å². The summed E-state index contributed by atoms with van der Waals surface area (Å²) in [6.45, 7) is 3.87. The van der Waals surface area contributed by atoms with Crippen LogP contribution in [0.3, 0.4) is 0 Å². The molecular formula is C12H15BrFN. The summed E-state index contributed by atoms with van der Waals surface area (Å²) in [6, 6.07) is 3.55. The Bertz CT molecular complexity index is 359. The molecule has 1 saturated heterocycles. The van der Waals surface area contributed by atoms with Crippen LogP contribution in [0.1, 0.15) is 29.9 Å². The van der Waals surface area contributed by atoms with Gasteiger partial charge in [-0.1, -0.05) is 15.9 Å². The van der Waals surface area contributed by atoms with Gasteiger partial charge in [0, 0.05) is 11.0 Å². The number of piperidine rings is 1. The fourth-order valence-electron chi connectivity index (χ4n) is 2.09. The van der Waals surface area contributed by atoms with Crippen LogP contribution in [0.15, 0.2) is 16.6 Å². The van der Waals surface area contributed by atoms with Crippen molar-refractivity contribution in [3.8, 4) is 0 Å². The second-order valence-corrected chi connectivity index (χ2v) is 5.02. The zero-order valence-electron chi connectivity index (χ0n) is 8.82. The lowest BCUT2D eigenvalue weighted by molar-refractivity contribution is 0.446. The van der Waals surface area contributed by atoms with Crippen LogP contribution < -0.4 is 5.32 Å². The fraction of sp³-hybridized carbons (Fsp3) is 0.500. The van der Waals surface area contributed by atoms with Gasteiger partial charge in [-0.2, -0.15) is 0 Å². The van der Waals surface area contributed by atoms with Crippen molar-refractivity contribution in [2.45, 2.75) is 25.7 Å². The largest absolute Gasteiger partial charge is 0.316 e.